The van der Waals surface area contributed by atoms with Crippen molar-refractivity contribution in [3.8, 4) is 5.75 Å². The summed E-state index contributed by atoms with van der Waals surface area (Å²) in [7, 11) is 0. The van der Waals surface area contributed by atoms with Crippen LogP contribution in [-0.4, -0.2) is 41.7 Å². The van der Waals surface area contributed by atoms with Crippen LogP contribution >= 0.6 is 0 Å². The molecule has 3 aromatic carbocycles. The second-order valence-corrected chi connectivity index (χ2v) is 11.9. The van der Waals surface area contributed by atoms with E-state index in [-0.39, 0.29) is 31.5 Å². The zero-order valence-electron chi connectivity index (χ0n) is 25.7. The van der Waals surface area contributed by atoms with Crippen LogP contribution in [0.15, 0.2) is 66.7 Å². The van der Waals surface area contributed by atoms with Crippen molar-refractivity contribution in [1.82, 2.24) is 4.90 Å². The Morgan fingerprint density at radius 1 is 1.00 bits per heavy atom. The summed E-state index contributed by atoms with van der Waals surface area (Å²) in [6.45, 7) is 8.18. The Labute approximate surface area is 254 Å². The Balaban J connectivity index is 1.56. The van der Waals surface area contributed by atoms with Gasteiger partial charge in [-0.1, -0.05) is 74.0 Å². The number of carbonyl (C=O) groups excluding carboxylic acids is 2. The molecule has 8 heteroatoms. The number of nitrogens with one attached hydrogen (secondary N) is 1. The number of unbranched alkanes of at least 4 members (excludes halogenated alkanes) is 1. The molecule has 0 spiro atoms. The van der Waals surface area contributed by atoms with Gasteiger partial charge in [-0.3, -0.25) is 4.79 Å². The highest BCUT2D eigenvalue weighted by molar-refractivity contribution is 5.77. The number of hydrogen-bond acceptors (Lipinski definition) is 6. The van der Waals surface area contributed by atoms with E-state index < -0.39 is 23.5 Å². The summed E-state index contributed by atoms with van der Waals surface area (Å²) in [5.41, 5.74) is 2.67. The third-order valence-corrected chi connectivity index (χ3v) is 7.31. The van der Waals surface area contributed by atoms with Gasteiger partial charge < -0.3 is 24.4 Å². The average Bonchev–Trinajstić information content (AvgIpc) is 2.99. The van der Waals surface area contributed by atoms with Gasteiger partial charge in [-0.05, 0) is 74.8 Å². The normalized spacial score (nSPS) is 14.4. The first kappa shape index (κ1) is 31.9. The lowest BCUT2D eigenvalue weighted by Gasteiger charge is -2.35. The lowest BCUT2D eigenvalue weighted by molar-refractivity contribution is -0.152. The SMILES string of the molecule is CCCCN(C(=O)OCc1ccccc1)[C@@H]1CCc2cc(OCc3ccccc3)c(NCC(=O)OC(C)(C)C)c(F)c2C1. The fraction of sp³-hybridized carbons (Fsp3) is 0.429. The Morgan fingerprint density at radius 2 is 1.65 bits per heavy atom. The summed E-state index contributed by atoms with van der Waals surface area (Å²) in [6, 6.07) is 20.9. The molecule has 0 bridgehead atoms. The number of halogens is 1. The molecule has 0 aliphatic heterocycles. The first-order chi connectivity index (χ1) is 20.6. The van der Waals surface area contributed by atoms with Crippen molar-refractivity contribution in [2.24, 2.45) is 0 Å². The molecule has 1 N–H and O–H groups in total. The Bertz CT molecular complexity index is 1360. The molecule has 1 aliphatic carbocycles. The number of rotatable bonds is 12. The molecular weight excluding hydrogens is 547 g/mol. The average molecular weight is 591 g/mol. The van der Waals surface area contributed by atoms with Gasteiger partial charge in [0.25, 0.3) is 0 Å². The van der Waals surface area contributed by atoms with Crippen LogP contribution in [0, 0.1) is 5.82 Å². The number of hydrogen-bond donors (Lipinski definition) is 1. The Hall–Kier alpha value is -4.07. The molecule has 4 rings (SSSR count). The van der Waals surface area contributed by atoms with Gasteiger partial charge in [0.05, 0.1) is 0 Å². The van der Waals surface area contributed by atoms with E-state index in [1.165, 1.54) is 0 Å². The molecule has 0 fully saturated rings. The van der Waals surface area contributed by atoms with Gasteiger partial charge >= 0.3 is 12.1 Å². The molecule has 230 valence electrons. The monoisotopic (exact) mass is 590 g/mol. The van der Waals surface area contributed by atoms with Crippen molar-refractivity contribution in [2.75, 3.05) is 18.4 Å². The van der Waals surface area contributed by atoms with E-state index in [0.717, 1.165) is 29.5 Å². The second-order valence-electron chi connectivity index (χ2n) is 11.9. The maximum Gasteiger partial charge on any atom is 0.410 e. The topological polar surface area (TPSA) is 77.1 Å². The minimum Gasteiger partial charge on any atom is -0.487 e. The highest BCUT2D eigenvalue weighted by Crippen LogP contribution is 2.38. The van der Waals surface area contributed by atoms with Gasteiger partial charge in [0.1, 0.15) is 36.8 Å². The zero-order valence-corrected chi connectivity index (χ0v) is 25.7. The van der Waals surface area contributed by atoms with Crippen LogP contribution in [0.25, 0.3) is 0 Å². The summed E-state index contributed by atoms with van der Waals surface area (Å²) >= 11 is 0. The first-order valence-corrected chi connectivity index (χ1v) is 15.1. The molecule has 0 heterocycles. The number of amides is 1. The zero-order chi connectivity index (χ0) is 30.8. The van der Waals surface area contributed by atoms with E-state index in [1.807, 2.05) is 66.7 Å². The smallest absolute Gasteiger partial charge is 0.410 e. The molecule has 7 nitrogen and oxygen atoms in total. The fourth-order valence-electron chi connectivity index (χ4n) is 5.19. The van der Waals surface area contributed by atoms with Crippen LogP contribution in [0.2, 0.25) is 0 Å². The summed E-state index contributed by atoms with van der Waals surface area (Å²) < 4.78 is 33.6. The van der Waals surface area contributed by atoms with Crippen LogP contribution in [0.4, 0.5) is 14.9 Å². The maximum atomic E-state index is 16.4. The minimum absolute atomic E-state index is 0.118. The van der Waals surface area contributed by atoms with Crippen LogP contribution in [0.3, 0.4) is 0 Å². The van der Waals surface area contributed by atoms with Crippen molar-refractivity contribution in [3.05, 3.63) is 94.8 Å². The van der Waals surface area contributed by atoms with E-state index in [9.17, 15) is 9.59 Å². The van der Waals surface area contributed by atoms with Crippen molar-refractivity contribution in [1.29, 1.82) is 0 Å². The van der Waals surface area contributed by atoms with Gasteiger partial charge in [0.15, 0.2) is 5.82 Å². The summed E-state index contributed by atoms with van der Waals surface area (Å²) in [5.74, 6) is -0.627. The minimum atomic E-state index is -0.663. The number of fused-ring (bicyclic) bond motifs is 1. The van der Waals surface area contributed by atoms with E-state index in [0.29, 0.717) is 37.1 Å². The number of ether oxygens (including phenoxy) is 3. The highest BCUT2D eigenvalue weighted by Gasteiger charge is 2.32. The Morgan fingerprint density at radius 3 is 2.28 bits per heavy atom. The first-order valence-electron chi connectivity index (χ1n) is 15.1. The van der Waals surface area contributed by atoms with Crippen LogP contribution in [-0.2, 0) is 40.3 Å². The van der Waals surface area contributed by atoms with Crippen molar-refractivity contribution in [3.63, 3.8) is 0 Å². The molecule has 0 unspecified atom stereocenters. The number of anilines is 1. The molecule has 0 radical (unpaired) electrons. The molecule has 0 saturated carbocycles. The van der Waals surface area contributed by atoms with Crippen molar-refractivity contribution < 1.29 is 28.2 Å². The molecule has 0 saturated heterocycles. The number of aryl methyl sites for hydroxylation is 1. The number of esters is 1. The number of nitrogens with zero attached hydrogens (tertiary/aromatic N) is 1. The van der Waals surface area contributed by atoms with Gasteiger partial charge in [0.2, 0.25) is 0 Å². The third-order valence-electron chi connectivity index (χ3n) is 7.31. The van der Waals surface area contributed by atoms with E-state index in [4.69, 9.17) is 14.2 Å². The quantitative estimate of drug-likeness (QED) is 0.221. The fourth-order valence-corrected chi connectivity index (χ4v) is 5.19. The third kappa shape index (κ3) is 9.21. The van der Waals surface area contributed by atoms with Crippen LogP contribution in [0.5, 0.6) is 5.75 Å². The van der Waals surface area contributed by atoms with E-state index in [2.05, 4.69) is 12.2 Å². The summed E-state index contributed by atoms with van der Waals surface area (Å²) in [6.07, 6.45) is 2.95. The lowest BCUT2D eigenvalue weighted by atomic mass is 9.86. The van der Waals surface area contributed by atoms with Gasteiger partial charge in [-0.15, -0.1) is 0 Å². The number of carbonyl (C=O) groups is 2. The second kappa shape index (κ2) is 14.9. The van der Waals surface area contributed by atoms with Crippen LogP contribution < -0.4 is 10.1 Å². The molecule has 1 aliphatic rings. The molecular formula is C35H43FN2O5. The predicted molar refractivity (Wildman–Crippen MR) is 166 cm³/mol. The van der Waals surface area contributed by atoms with E-state index >= 15 is 4.39 Å². The van der Waals surface area contributed by atoms with Crippen molar-refractivity contribution in [2.45, 2.75) is 84.7 Å². The molecule has 1 amide bonds. The van der Waals surface area contributed by atoms with E-state index in [1.54, 1.807) is 25.7 Å². The molecule has 43 heavy (non-hydrogen) atoms. The number of benzene rings is 3. The maximum absolute atomic E-state index is 16.4. The van der Waals surface area contributed by atoms with Gasteiger partial charge in [0, 0.05) is 12.6 Å². The molecule has 0 aromatic heterocycles. The Kier molecular flexibility index (Phi) is 11.0. The molecule has 1 atom stereocenters. The summed E-state index contributed by atoms with van der Waals surface area (Å²) in [5, 5.41) is 2.95. The largest absolute Gasteiger partial charge is 0.487 e. The van der Waals surface area contributed by atoms with Gasteiger partial charge in [-0.25, -0.2) is 9.18 Å². The molecule has 3 aromatic rings. The van der Waals surface area contributed by atoms with Gasteiger partial charge in [-0.2, -0.15) is 0 Å². The predicted octanol–water partition coefficient (Wildman–Crippen LogP) is 7.45. The van der Waals surface area contributed by atoms with Crippen molar-refractivity contribution >= 4 is 17.7 Å². The lowest BCUT2D eigenvalue weighted by Crippen LogP contribution is -2.44. The van der Waals surface area contributed by atoms with Crippen LogP contribution in [0.1, 0.15) is 69.2 Å². The highest BCUT2D eigenvalue weighted by atomic mass is 19.1. The summed E-state index contributed by atoms with van der Waals surface area (Å²) in [4.78, 5) is 27.5. The standard InChI is InChI=1S/C35H43FN2O5/c1-5-6-19-38(34(40)42-24-26-15-11-8-12-16-26)28-18-17-27-20-30(41-23-25-13-9-7-10-14-25)33(32(36)29(27)21-28)37-22-31(39)43-35(2,3)4/h7-16,20,28,37H,5-6,17-19,21-24H2,1-4H3/t28-/m1/s1.